The number of anilines is 1. The van der Waals surface area contributed by atoms with Gasteiger partial charge in [0.1, 0.15) is 11.4 Å². The van der Waals surface area contributed by atoms with Gasteiger partial charge in [0.25, 0.3) is 11.8 Å². The third kappa shape index (κ3) is 4.13. The van der Waals surface area contributed by atoms with Gasteiger partial charge in [-0.1, -0.05) is 23.7 Å². The smallest absolute Gasteiger partial charge is 0.336 e. The zero-order valence-electron chi connectivity index (χ0n) is 16.2. The fourth-order valence-electron chi connectivity index (χ4n) is 2.89. The van der Waals surface area contributed by atoms with E-state index < -0.39 is 23.7 Å². The Morgan fingerprint density at radius 3 is 2.47 bits per heavy atom. The van der Waals surface area contributed by atoms with Crippen LogP contribution in [0.5, 0.6) is 11.5 Å². The molecule has 0 unspecified atom stereocenters. The molecule has 7 nitrogen and oxygen atoms in total. The quantitative estimate of drug-likeness (QED) is 0.552. The number of urea groups is 1. The summed E-state index contributed by atoms with van der Waals surface area (Å²) in [4.78, 5) is 38.0. The van der Waals surface area contributed by atoms with Gasteiger partial charge in [-0.3, -0.25) is 14.9 Å². The number of halogens is 2. The summed E-state index contributed by atoms with van der Waals surface area (Å²) in [5.41, 5.74) is -0.258. The van der Waals surface area contributed by atoms with Crippen molar-refractivity contribution in [2.45, 2.75) is 13.8 Å². The number of ether oxygens (including phenoxy) is 2. The molecule has 156 valence electrons. The molecule has 30 heavy (non-hydrogen) atoms. The summed E-state index contributed by atoms with van der Waals surface area (Å²) in [5, 5.41) is 2.27. The van der Waals surface area contributed by atoms with Gasteiger partial charge in [-0.25, -0.2) is 14.1 Å². The molecule has 2 aromatic rings. The summed E-state index contributed by atoms with van der Waals surface area (Å²) in [7, 11) is 0. The molecule has 0 aliphatic carbocycles. The van der Waals surface area contributed by atoms with E-state index >= 15 is 0 Å². The van der Waals surface area contributed by atoms with Gasteiger partial charge in [0.2, 0.25) is 0 Å². The monoisotopic (exact) mass is 432 g/mol. The summed E-state index contributed by atoms with van der Waals surface area (Å²) in [6.45, 7) is 4.28. The molecule has 0 aromatic heterocycles. The molecule has 0 saturated carbocycles. The van der Waals surface area contributed by atoms with E-state index in [9.17, 15) is 18.8 Å². The molecule has 2 aromatic carbocycles. The number of hydrogen-bond acceptors (Lipinski definition) is 5. The van der Waals surface area contributed by atoms with Crippen molar-refractivity contribution in [2.24, 2.45) is 0 Å². The minimum absolute atomic E-state index is 0.223. The Morgan fingerprint density at radius 2 is 1.80 bits per heavy atom. The van der Waals surface area contributed by atoms with Gasteiger partial charge in [-0.05, 0) is 49.8 Å². The topological polar surface area (TPSA) is 84.9 Å². The van der Waals surface area contributed by atoms with E-state index in [1.54, 1.807) is 19.9 Å². The highest BCUT2D eigenvalue weighted by Crippen LogP contribution is 2.37. The standard InChI is InChI=1S/C21H18ClFN2O5/c1-3-29-17-11-12(10-14(22)18(17)30-4-2)9-13-19(26)24-21(28)25(20(13)27)16-8-6-5-7-15(16)23/h5-11H,3-4H2,1-2H3,(H,24,26,28)/b13-9-. The maximum atomic E-state index is 14.2. The molecule has 0 bridgehead atoms. The van der Waals surface area contributed by atoms with Gasteiger partial charge < -0.3 is 9.47 Å². The molecule has 1 fully saturated rings. The van der Waals surface area contributed by atoms with Gasteiger partial charge in [0.05, 0.1) is 23.9 Å². The Hall–Kier alpha value is -3.39. The maximum Gasteiger partial charge on any atom is 0.336 e. The van der Waals surface area contributed by atoms with Gasteiger partial charge in [-0.2, -0.15) is 0 Å². The van der Waals surface area contributed by atoms with E-state index in [2.05, 4.69) is 0 Å². The van der Waals surface area contributed by atoms with Crippen molar-refractivity contribution in [3.8, 4) is 11.5 Å². The van der Waals surface area contributed by atoms with Crippen LogP contribution in [-0.2, 0) is 9.59 Å². The lowest BCUT2D eigenvalue weighted by Crippen LogP contribution is -2.54. The van der Waals surface area contributed by atoms with Crippen molar-refractivity contribution >= 4 is 41.2 Å². The van der Waals surface area contributed by atoms with Gasteiger partial charge >= 0.3 is 6.03 Å². The van der Waals surface area contributed by atoms with Crippen molar-refractivity contribution in [3.63, 3.8) is 0 Å². The Labute approximate surface area is 177 Å². The van der Waals surface area contributed by atoms with Crippen LogP contribution in [0.3, 0.4) is 0 Å². The minimum Gasteiger partial charge on any atom is -0.490 e. The number of amides is 4. The normalized spacial score (nSPS) is 15.4. The third-order valence-electron chi connectivity index (χ3n) is 4.13. The van der Waals surface area contributed by atoms with E-state index in [-0.39, 0.29) is 16.3 Å². The number of carbonyl (C=O) groups excluding carboxylic acids is 3. The van der Waals surface area contributed by atoms with Crippen LogP contribution in [0.15, 0.2) is 42.0 Å². The number of hydrogen-bond donors (Lipinski definition) is 1. The fourth-order valence-corrected chi connectivity index (χ4v) is 3.17. The van der Waals surface area contributed by atoms with Crippen LogP contribution >= 0.6 is 11.6 Å². The third-order valence-corrected chi connectivity index (χ3v) is 4.41. The van der Waals surface area contributed by atoms with Crippen molar-refractivity contribution in [1.29, 1.82) is 0 Å². The molecule has 1 saturated heterocycles. The summed E-state index contributed by atoms with van der Waals surface area (Å²) in [5.74, 6) is -1.97. The van der Waals surface area contributed by atoms with Crippen molar-refractivity contribution < 1.29 is 28.2 Å². The lowest BCUT2D eigenvalue weighted by Gasteiger charge is -2.26. The average molecular weight is 433 g/mol. The van der Waals surface area contributed by atoms with Gasteiger partial charge in [0.15, 0.2) is 11.5 Å². The zero-order chi connectivity index (χ0) is 21.8. The predicted octanol–water partition coefficient (Wildman–Crippen LogP) is 3.94. The Bertz CT molecular complexity index is 1050. The van der Waals surface area contributed by atoms with E-state index in [1.807, 2.05) is 5.32 Å². The molecule has 0 atom stereocenters. The molecule has 9 heteroatoms. The first-order chi connectivity index (χ1) is 14.4. The molecular formula is C21H18ClFN2O5. The molecule has 1 N–H and O–H groups in total. The summed E-state index contributed by atoms with van der Waals surface area (Å²) in [6, 6.07) is 7.28. The molecular weight excluding hydrogens is 415 g/mol. The van der Waals surface area contributed by atoms with Crippen LogP contribution in [0.1, 0.15) is 19.4 Å². The first kappa shape index (κ1) is 21.3. The van der Waals surface area contributed by atoms with Crippen LogP contribution < -0.4 is 19.7 Å². The van der Waals surface area contributed by atoms with Crippen LogP contribution in [0.25, 0.3) is 6.08 Å². The molecule has 1 aliphatic rings. The second-order valence-corrected chi connectivity index (χ2v) is 6.51. The molecule has 3 rings (SSSR count). The fraction of sp³-hybridized carbons (Fsp3) is 0.190. The number of nitrogens with zero attached hydrogens (tertiary/aromatic N) is 1. The van der Waals surface area contributed by atoms with E-state index in [0.29, 0.717) is 35.2 Å². The second kappa shape index (κ2) is 8.96. The summed E-state index contributed by atoms with van der Waals surface area (Å²) < 4.78 is 25.2. The zero-order valence-corrected chi connectivity index (χ0v) is 17.0. The van der Waals surface area contributed by atoms with Crippen LogP contribution in [0, 0.1) is 5.82 Å². The average Bonchev–Trinajstić information content (AvgIpc) is 2.69. The summed E-state index contributed by atoms with van der Waals surface area (Å²) in [6.07, 6.45) is 1.25. The Kier molecular flexibility index (Phi) is 6.37. The molecule has 0 spiro atoms. The molecule has 1 heterocycles. The molecule has 0 radical (unpaired) electrons. The largest absolute Gasteiger partial charge is 0.490 e. The van der Waals surface area contributed by atoms with Gasteiger partial charge in [-0.15, -0.1) is 0 Å². The number of para-hydroxylation sites is 1. The highest BCUT2D eigenvalue weighted by atomic mass is 35.5. The van der Waals surface area contributed by atoms with Crippen molar-refractivity contribution in [2.75, 3.05) is 18.1 Å². The van der Waals surface area contributed by atoms with Crippen LogP contribution in [0.4, 0.5) is 14.9 Å². The molecule has 4 amide bonds. The highest BCUT2D eigenvalue weighted by molar-refractivity contribution is 6.39. The van der Waals surface area contributed by atoms with Crippen LogP contribution in [0.2, 0.25) is 5.02 Å². The maximum absolute atomic E-state index is 14.2. The predicted molar refractivity (Wildman–Crippen MR) is 109 cm³/mol. The van der Waals surface area contributed by atoms with Gasteiger partial charge in [0, 0.05) is 0 Å². The number of rotatable bonds is 6. The number of nitrogens with one attached hydrogen (secondary N) is 1. The number of carbonyl (C=O) groups is 3. The van der Waals surface area contributed by atoms with E-state index in [4.69, 9.17) is 21.1 Å². The van der Waals surface area contributed by atoms with Crippen molar-refractivity contribution in [1.82, 2.24) is 5.32 Å². The summed E-state index contributed by atoms with van der Waals surface area (Å²) >= 11 is 6.27. The SMILES string of the molecule is CCOc1cc(/C=C2/C(=O)NC(=O)N(c3ccccc3F)C2=O)cc(Cl)c1OCC. The number of barbiturate groups is 1. The lowest BCUT2D eigenvalue weighted by molar-refractivity contribution is -0.122. The lowest BCUT2D eigenvalue weighted by atomic mass is 10.1. The number of imide groups is 2. The highest BCUT2D eigenvalue weighted by Gasteiger charge is 2.38. The number of benzene rings is 2. The Balaban J connectivity index is 2.05. The van der Waals surface area contributed by atoms with E-state index in [0.717, 1.165) is 6.07 Å². The first-order valence-corrected chi connectivity index (χ1v) is 9.50. The second-order valence-electron chi connectivity index (χ2n) is 6.11. The Morgan fingerprint density at radius 1 is 1.10 bits per heavy atom. The van der Waals surface area contributed by atoms with Crippen LogP contribution in [-0.4, -0.2) is 31.1 Å². The molecule has 1 aliphatic heterocycles. The van der Waals surface area contributed by atoms with E-state index in [1.165, 1.54) is 30.3 Å². The van der Waals surface area contributed by atoms with Crippen molar-refractivity contribution in [3.05, 3.63) is 58.4 Å². The first-order valence-electron chi connectivity index (χ1n) is 9.12. The minimum atomic E-state index is -1.04.